The number of ketones is 1. The molecular weight excluding hydrogens is 168 g/mol. The second-order valence-electron chi connectivity index (χ2n) is 2.38. The fourth-order valence-corrected chi connectivity index (χ4v) is 0.567. The van der Waals surface area contributed by atoms with Crippen LogP contribution in [0, 0.1) is 0 Å². The first-order valence-electron chi connectivity index (χ1n) is 3.85. The fraction of sp³-hybridized carbons (Fsp3) is 0.200. The van der Waals surface area contributed by atoms with Gasteiger partial charge in [0.1, 0.15) is 0 Å². The summed E-state index contributed by atoms with van der Waals surface area (Å²) in [6, 6.07) is 0. The van der Waals surface area contributed by atoms with Crippen LogP contribution in [0.3, 0.4) is 0 Å². The van der Waals surface area contributed by atoms with E-state index in [2.05, 4.69) is 0 Å². The van der Waals surface area contributed by atoms with Gasteiger partial charge < -0.3 is 5.11 Å². The van der Waals surface area contributed by atoms with Gasteiger partial charge in [-0.05, 0) is 13.0 Å². The van der Waals surface area contributed by atoms with Crippen LogP contribution in [-0.4, -0.2) is 16.9 Å². The molecule has 0 rings (SSSR count). The molecule has 3 nitrogen and oxygen atoms in total. The molecule has 0 fully saturated rings. The molecule has 0 aliphatic rings. The van der Waals surface area contributed by atoms with Gasteiger partial charge in [-0.15, -0.1) is 0 Å². The molecule has 0 amide bonds. The van der Waals surface area contributed by atoms with E-state index in [-0.39, 0.29) is 12.2 Å². The maximum absolute atomic E-state index is 10.4. The number of hydrogen-bond acceptors (Lipinski definition) is 2. The molecule has 0 bridgehead atoms. The minimum Gasteiger partial charge on any atom is -0.481 e. The van der Waals surface area contributed by atoms with Gasteiger partial charge in [0.25, 0.3) is 0 Å². The Bertz CT molecular complexity index is 259. The molecule has 3 heteroatoms. The average molecular weight is 180 g/mol. The Kier molecular flexibility index (Phi) is 6.15. The minimum atomic E-state index is -0.857. The Labute approximate surface area is 77.1 Å². The molecule has 0 unspecified atom stereocenters. The third kappa shape index (κ3) is 10.4. The Hall–Kier alpha value is -1.64. The van der Waals surface area contributed by atoms with Crippen LogP contribution in [0.15, 0.2) is 36.5 Å². The Morgan fingerprint density at radius 3 is 2.31 bits per heavy atom. The Balaban J connectivity index is 3.69. The van der Waals surface area contributed by atoms with E-state index in [9.17, 15) is 9.59 Å². The first-order chi connectivity index (χ1) is 6.13. The standard InChI is InChI=1S/C10H12O3/c1-9(11)7-5-3-2-4-6-8-10(12)13/h2-7H,8H2,1H3,(H,12,13). The quantitative estimate of drug-likeness (QED) is 0.517. The smallest absolute Gasteiger partial charge is 0.307 e. The van der Waals surface area contributed by atoms with E-state index in [1.54, 1.807) is 24.3 Å². The molecule has 0 aliphatic heterocycles. The normalized spacial score (nSPS) is 11.8. The van der Waals surface area contributed by atoms with Gasteiger partial charge in [-0.3, -0.25) is 9.59 Å². The molecule has 0 aromatic heterocycles. The van der Waals surface area contributed by atoms with Crippen LogP contribution in [0.2, 0.25) is 0 Å². The molecular formula is C10H12O3. The average Bonchev–Trinajstić information content (AvgIpc) is 2.01. The van der Waals surface area contributed by atoms with Crippen molar-refractivity contribution in [2.45, 2.75) is 13.3 Å². The molecule has 13 heavy (non-hydrogen) atoms. The molecule has 0 radical (unpaired) electrons. The van der Waals surface area contributed by atoms with Crippen molar-refractivity contribution in [2.24, 2.45) is 0 Å². The van der Waals surface area contributed by atoms with Crippen LogP contribution in [0.1, 0.15) is 13.3 Å². The molecule has 0 heterocycles. The van der Waals surface area contributed by atoms with Crippen LogP contribution < -0.4 is 0 Å². The Morgan fingerprint density at radius 2 is 1.77 bits per heavy atom. The highest BCUT2D eigenvalue weighted by molar-refractivity contribution is 5.87. The first-order valence-corrected chi connectivity index (χ1v) is 3.85. The molecule has 0 saturated carbocycles. The van der Waals surface area contributed by atoms with Gasteiger partial charge in [0.2, 0.25) is 0 Å². The summed E-state index contributed by atoms with van der Waals surface area (Å²) in [6.07, 6.45) is 9.54. The van der Waals surface area contributed by atoms with Crippen molar-refractivity contribution in [1.82, 2.24) is 0 Å². The second-order valence-corrected chi connectivity index (χ2v) is 2.38. The van der Waals surface area contributed by atoms with Gasteiger partial charge in [0.05, 0.1) is 6.42 Å². The third-order valence-electron chi connectivity index (χ3n) is 1.09. The van der Waals surface area contributed by atoms with Gasteiger partial charge in [0, 0.05) is 0 Å². The number of carboxylic acids is 1. The van der Waals surface area contributed by atoms with Gasteiger partial charge in [0.15, 0.2) is 5.78 Å². The number of rotatable bonds is 5. The van der Waals surface area contributed by atoms with Crippen LogP contribution in [0.5, 0.6) is 0 Å². The zero-order valence-corrected chi connectivity index (χ0v) is 7.43. The van der Waals surface area contributed by atoms with Crippen molar-refractivity contribution in [1.29, 1.82) is 0 Å². The van der Waals surface area contributed by atoms with Crippen LogP contribution in [0.4, 0.5) is 0 Å². The molecule has 0 aromatic rings. The number of hydrogen-bond donors (Lipinski definition) is 1. The summed E-state index contributed by atoms with van der Waals surface area (Å²) in [6.45, 7) is 1.46. The number of carbonyl (C=O) groups excluding carboxylic acids is 1. The third-order valence-corrected chi connectivity index (χ3v) is 1.09. The highest BCUT2D eigenvalue weighted by atomic mass is 16.4. The summed E-state index contributed by atoms with van der Waals surface area (Å²) < 4.78 is 0. The van der Waals surface area contributed by atoms with Crippen molar-refractivity contribution in [3.05, 3.63) is 36.5 Å². The molecule has 1 N–H and O–H groups in total. The summed E-state index contributed by atoms with van der Waals surface area (Å²) in [4.78, 5) is 20.4. The van der Waals surface area contributed by atoms with E-state index < -0.39 is 5.97 Å². The monoisotopic (exact) mass is 180 g/mol. The molecule has 0 aliphatic carbocycles. The lowest BCUT2D eigenvalue weighted by Gasteiger charge is -1.79. The lowest BCUT2D eigenvalue weighted by atomic mass is 10.3. The zero-order chi connectivity index (χ0) is 10.1. The second kappa shape index (κ2) is 7.03. The topological polar surface area (TPSA) is 54.4 Å². The van der Waals surface area contributed by atoms with E-state index in [4.69, 9.17) is 5.11 Å². The predicted molar refractivity (Wildman–Crippen MR) is 50.4 cm³/mol. The first kappa shape index (κ1) is 11.4. The van der Waals surface area contributed by atoms with Crippen molar-refractivity contribution >= 4 is 11.8 Å². The predicted octanol–water partition coefficient (Wildman–Crippen LogP) is 1.72. The lowest BCUT2D eigenvalue weighted by molar-refractivity contribution is -0.136. The molecule has 0 spiro atoms. The van der Waals surface area contributed by atoms with Gasteiger partial charge >= 0.3 is 5.97 Å². The van der Waals surface area contributed by atoms with Crippen LogP contribution in [0.25, 0.3) is 0 Å². The minimum absolute atomic E-state index is 0.0146. The van der Waals surface area contributed by atoms with Gasteiger partial charge in [-0.25, -0.2) is 0 Å². The van der Waals surface area contributed by atoms with E-state index in [1.807, 2.05) is 0 Å². The summed E-state index contributed by atoms with van der Waals surface area (Å²) in [5.41, 5.74) is 0. The molecule has 0 aromatic carbocycles. The van der Waals surface area contributed by atoms with E-state index in [0.29, 0.717) is 0 Å². The van der Waals surface area contributed by atoms with Crippen molar-refractivity contribution in [3.63, 3.8) is 0 Å². The lowest BCUT2D eigenvalue weighted by Crippen LogP contribution is -1.89. The Morgan fingerprint density at radius 1 is 1.15 bits per heavy atom. The molecule has 0 atom stereocenters. The molecule has 70 valence electrons. The number of carbonyl (C=O) groups is 2. The summed E-state index contributed by atoms with van der Waals surface area (Å²) in [7, 11) is 0. The largest absolute Gasteiger partial charge is 0.481 e. The van der Waals surface area contributed by atoms with Crippen molar-refractivity contribution < 1.29 is 14.7 Å². The van der Waals surface area contributed by atoms with E-state index in [1.165, 1.54) is 19.1 Å². The van der Waals surface area contributed by atoms with Crippen LogP contribution in [-0.2, 0) is 9.59 Å². The number of carboxylic acid groups (broad SMARTS) is 1. The van der Waals surface area contributed by atoms with Crippen molar-refractivity contribution in [3.8, 4) is 0 Å². The number of allylic oxidation sites excluding steroid dienone is 5. The maximum Gasteiger partial charge on any atom is 0.307 e. The molecule has 0 saturated heterocycles. The summed E-state index contributed by atoms with van der Waals surface area (Å²) in [5, 5.41) is 8.25. The summed E-state index contributed by atoms with van der Waals surface area (Å²) >= 11 is 0. The highest BCUT2D eigenvalue weighted by Crippen LogP contribution is 1.85. The van der Waals surface area contributed by atoms with Gasteiger partial charge in [-0.1, -0.05) is 30.4 Å². The van der Waals surface area contributed by atoms with Crippen molar-refractivity contribution in [2.75, 3.05) is 0 Å². The van der Waals surface area contributed by atoms with E-state index in [0.717, 1.165) is 0 Å². The fourth-order valence-electron chi connectivity index (χ4n) is 0.567. The summed E-state index contributed by atoms with van der Waals surface area (Å²) in [5.74, 6) is -0.872. The SMILES string of the molecule is CC(=O)C=CC=CC=CCC(=O)O. The van der Waals surface area contributed by atoms with Gasteiger partial charge in [-0.2, -0.15) is 0 Å². The number of aliphatic carboxylic acids is 1. The highest BCUT2D eigenvalue weighted by Gasteiger charge is 1.86. The zero-order valence-electron chi connectivity index (χ0n) is 7.43. The maximum atomic E-state index is 10.4. The van der Waals surface area contributed by atoms with Crippen LogP contribution >= 0.6 is 0 Å². The van der Waals surface area contributed by atoms with E-state index >= 15 is 0 Å².